The molecule has 1 aromatic carbocycles. The Kier molecular flexibility index (Phi) is 4.62. The maximum atomic E-state index is 10.6. The normalized spacial score (nSPS) is 10.3. The van der Waals surface area contributed by atoms with E-state index < -0.39 is 0 Å². The minimum Gasteiger partial charge on any atom is -0.258 e. The molecule has 0 radical (unpaired) electrons. The molecule has 0 aliphatic heterocycles. The second-order valence-corrected chi connectivity index (χ2v) is 4.63. The molecule has 0 saturated carbocycles. The van der Waals surface area contributed by atoms with Crippen molar-refractivity contribution in [1.29, 1.82) is 0 Å². The third-order valence-electron chi connectivity index (χ3n) is 2.01. The second-order valence-electron chi connectivity index (χ2n) is 3.46. The number of non-ortho nitro benzene ring substituents is 1. The minimum atomic E-state index is -0.336. The lowest BCUT2D eigenvalue weighted by molar-refractivity contribution is -0.385. The molecule has 0 aromatic heterocycles. The van der Waals surface area contributed by atoms with Gasteiger partial charge in [-0.2, -0.15) is 0 Å². The highest BCUT2D eigenvalue weighted by atomic mass is 32.2. The number of aryl methyl sites for hydroxylation is 1. The maximum Gasteiger partial charge on any atom is 0.270 e. The van der Waals surface area contributed by atoms with E-state index in [1.54, 1.807) is 23.9 Å². The standard InChI is InChI=1S/C11H15NO2S/c1-3-4-5-15-11-7-9(2)6-10(8-11)12(13)14/h6-8H,3-5H2,1-2H3. The van der Waals surface area contributed by atoms with Gasteiger partial charge in [-0.3, -0.25) is 10.1 Å². The number of thioether (sulfide) groups is 1. The summed E-state index contributed by atoms with van der Waals surface area (Å²) in [7, 11) is 0. The zero-order chi connectivity index (χ0) is 11.3. The van der Waals surface area contributed by atoms with Crippen LogP contribution in [0.1, 0.15) is 25.3 Å². The summed E-state index contributed by atoms with van der Waals surface area (Å²) >= 11 is 1.69. The molecule has 0 heterocycles. The molecule has 4 heteroatoms. The van der Waals surface area contributed by atoms with Crippen LogP contribution in [-0.2, 0) is 0 Å². The van der Waals surface area contributed by atoms with Crippen molar-refractivity contribution in [2.75, 3.05) is 5.75 Å². The first kappa shape index (κ1) is 12.0. The molecule has 1 aromatic rings. The van der Waals surface area contributed by atoms with E-state index in [9.17, 15) is 10.1 Å². The molecule has 1 rings (SSSR count). The molecular weight excluding hydrogens is 210 g/mol. The second kappa shape index (κ2) is 5.75. The monoisotopic (exact) mass is 225 g/mol. The van der Waals surface area contributed by atoms with Gasteiger partial charge in [0.15, 0.2) is 0 Å². The molecule has 0 saturated heterocycles. The van der Waals surface area contributed by atoms with Crippen LogP contribution >= 0.6 is 11.8 Å². The van der Waals surface area contributed by atoms with Gasteiger partial charge in [0.25, 0.3) is 5.69 Å². The molecule has 15 heavy (non-hydrogen) atoms. The number of hydrogen-bond donors (Lipinski definition) is 0. The average molecular weight is 225 g/mol. The Labute approximate surface area is 94.0 Å². The van der Waals surface area contributed by atoms with Gasteiger partial charge < -0.3 is 0 Å². The summed E-state index contributed by atoms with van der Waals surface area (Å²) in [6.07, 6.45) is 2.30. The molecule has 0 aliphatic carbocycles. The highest BCUT2D eigenvalue weighted by Crippen LogP contribution is 2.25. The molecule has 0 amide bonds. The largest absolute Gasteiger partial charge is 0.270 e. The summed E-state index contributed by atoms with van der Waals surface area (Å²) in [4.78, 5) is 11.3. The van der Waals surface area contributed by atoms with Crippen LogP contribution < -0.4 is 0 Å². The lowest BCUT2D eigenvalue weighted by Crippen LogP contribution is -1.89. The minimum absolute atomic E-state index is 0.189. The van der Waals surface area contributed by atoms with E-state index >= 15 is 0 Å². The number of hydrogen-bond acceptors (Lipinski definition) is 3. The number of rotatable bonds is 5. The number of nitrogens with zero attached hydrogens (tertiary/aromatic N) is 1. The van der Waals surface area contributed by atoms with Crippen LogP contribution in [0.25, 0.3) is 0 Å². The quantitative estimate of drug-likeness (QED) is 0.331. The Morgan fingerprint density at radius 3 is 2.73 bits per heavy atom. The molecule has 0 spiro atoms. The van der Waals surface area contributed by atoms with Gasteiger partial charge in [0.1, 0.15) is 0 Å². The Hall–Kier alpha value is -1.03. The molecule has 3 nitrogen and oxygen atoms in total. The van der Waals surface area contributed by atoms with E-state index in [4.69, 9.17) is 0 Å². The predicted molar refractivity (Wildman–Crippen MR) is 63.5 cm³/mol. The predicted octanol–water partition coefficient (Wildman–Crippen LogP) is 3.80. The van der Waals surface area contributed by atoms with Crippen LogP contribution in [0.4, 0.5) is 5.69 Å². The smallest absolute Gasteiger partial charge is 0.258 e. The van der Waals surface area contributed by atoms with Crippen molar-refractivity contribution in [3.63, 3.8) is 0 Å². The van der Waals surface area contributed by atoms with Crippen molar-refractivity contribution in [2.24, 2.45) is 0 Å². The Bertz CT molecular complexity index is 352. The Morgan fingerprint density at radius 2 is 2.13 bits per heavy atom. The molecular formula is C11H15NO2S. The Balaban J connectivity index is 2.75. The Morgan fingerprint density at radius 1 is 1.40 bits per heavy atom. The number of nitro benzene ring substituents is 1. The summed E-state index contributed by atoms with van der Waals surface area (Å²) in [6, 6.07) is 5.24. The fourth-order valence-corrected chi connectivity index (χ4v) is 2.39. The maximum absolute atomic E-state index is 10.6. The molecule has 82 valence electrons. The fraction of sp³-hybridized carbons (Fsp3) is 0.455. The zero-order valence-corrected chi connectivity index (χ0v) is 9.84. The van der Waals surface area contributed by atoms with E-state index in [0.29, 0.717) is 0 Å². The van der Waals surface area contributed by atoms with Crippen molar-refractivity contribution >= 4 is 17.4 Å². The summed E-state index contributed by atoms with van der Waals surface area (Å²) in [6.45, 7) is 4.02. The molecule has 0 aliphatic rings. The van der Waals surface area contributed by atoms with Crippen molar-refractivity contribution in [1.82, 2.24) is 0 Å². The fourth-order valence-electron chi connectivity index (χ4n) is 1.25. The zero-order valence-electron chi connectivity index (χ0n) is 9.03. The molecule has 0 unspecified atom stereocenters. The summed E-state index contributed by atoms with van der Waals surface area (Å²) in [5.41, 5.74) is 1.14. The van der Waals surface area contributed by atoms with Gasteiger partial charge in [0.05, 0.1) is 4.92 Å². The van der Waals surface area contributed by atoms with E-state index in [0.717, 1.165) is 29.1 Å². The van der Waals surface area contributed by atoms with E-state index in [1.165, 1.54) is 0 Å². The number of unbranched alkanes of at least 4 members (excludes halogenated alkanes) is 1. The third kappa shape index (κ3) is 3.91. The molecule has 0 N–H and O–H groups in total. The van der Waals surface area contributed by atoms with Gasteiger partial charge in [0.2, 0.25) is 0 Å². The number of nitro groups is 1. The van der Waals surface area contributed by atoms with Gasteiger partial charge in [0, 0.05) is 17.0 Å². The van der Waals surface area contributed by atoms with Crippen molar-refractivity contribution in [2.45, 2.75) is 31.6 Å². The number of benzene rings is 1. The van der Waals surface area contributed by atoms with Gasteiger partial charge in [-0.15, -0.1) is 11.8 Å². The summed E-state index contributed by atoms with van der Waals surface area (Å²) < 4.78 is 0. The van der Waals surface area contributed by atoms with Crippen LogP contribution in [0.15, 0.2) is 23.1 Å². The summed E-state index contributed by atoms with van der Waals surface area (Å²) in [5.74, 6) is 1.02. The molecule has 0 atom stereocenters. The van der Waals surface area contributed by atoms with Crippen LogP contribution in [0.2, 0.25) is 0 Å². The van der Waals surface area contributed by atoms with E-state index in [1.807, 2.05) is 13.0 Å². The summed E-state index contributed by atoms with van der Waals surface area (Å²) in [5, 5.41) is 10.6. The van der Waals surface area contributed by atoms with Crippen LogP contribution in [-0.4, -0.2) is 10.7 Å². The van der Waals surface area contributed by atoms with Crippen molar-refractivity contribution < 1.29 is 4.92 Å². The van der Waals surface area contributed by atoms with Gasteiger partial charge in [-0.25, -0.2) is 0 Å². The van der Waals surface area contributed by atoms with Gasteiger partial charge in [-0.1, -0.05) is 13.3 Å². The highest BCUT2D eigenvalue weighted by Gasteiger charge is 2.07. The van der Waals surface area contributed by atoms with Crippen molar-refractivity contribution in [3.05, 3.63) is 33.9 Å². The SMILES string of the molecule is CCCCSc1cc(C)cc([N+](=O)[O-])c1. The lowest BCUT2D eigenvalue weighted by atomic mass is 10.2. The topological polar surface area (TPSA) is 43.1 Å². The lowest BCUT2D eigenvalue weighted by Gasteiger charge is -2.02. The van der Waals surface area contributed by atoms with Crippen LogP contribution in [0.3, 0.4) is 0 Å². The van der Waals surface area contributed by atoms with E-state index in [-0.39, 0.29) is 10.6 Å². The van der Waals surface area contributed by atoms with E-state index in [2.05, 4.69) is 6.92 Å². The molecule has 0 bridgehead atoms. The first-order valence-corrected chi connectivity index (χ1v) is 6.01. The van der Waals surface area contributed by atoms with Crippen LogP contribution in [0.5, 0.6) is 0 Å². The first-order chi connectivity index (χ1) is 7.13. The van der Waals surface area contributed by atoms with Gasteiger partial charge >= 0.3 is 0 Å². The van der Waals surface area contributed by atoms with Crippen molar-refractivity contribution in [3.8, 4) is 0 Å². The van der Waals surface area contributed by atoms with Gasteiger partial charge in [-0.05, 0) is 30.7 Å². The highest BCUT2D eigenvalue weighted by molar-refractivity contribution is 7.99. The average Bonchev–Trinajstić information content (AvgIpc) is 2.17. The van der Waals surface area contributed by atoms with Crippen LogP contribution in [0, 0.1) is 17.0 Å². The third-order valence-corrected chi connectivity index (χ3v) is 3.07. The molecule has 0 fully saturated rings. The first-order valence-electron chi connectivity index (χ1n) is 5.02.